The minimum Gasteiger partial charge on any atom is -0.336 e. The standard InChI is InChI=1S/C20H21F3N4O/c1-13(15-7-9-16(10-8-15)20(21,22)23)25-19(28)24-11-12-27-14(2)26-17-5-3-4-6-18(17)27/h3-10,13H,11-12H2,1-2H3,(H2,24,25,28). The Morgan fingerprint density at radius 1 is 1.14 bits per heavy atom. The summed E-state index contributed by atoms with van der Waals surface area (Å²) in [6.45, 7) is 4.59. The molecule has 0 aliphatic heterocycles. The number of hydrogen-bond acceptors (Lipinski definition) is 2. The first kappa shape index (κ1) is 19.7. The number of alkyl halides is 3. The maximum Gasteiger partial charge on any atom is 0.416 e. The molecule has 148 valence electrons. The van der Waals surface area contributed by atoms with Crippen LogP contribution in [0.1, 0.15) is 29.9 Å². The molecule has 1 atom stereocenters. The Hall–Kier alpha value is -3.03. The molecule has 8 heteroatoms. The number of imidazole rings is 1. The van der Waals surface area contributed by atoms with Crippen molar-refractivity contribution < 1.29 is 18.0 Å². The zero-order chi connectivity index (χ0) is 20.3. The van der Waals surface area contributed by atoms with Gasteiger partial charge in [0, 0.05) is 13.1 Å². The van der Waals surface area contributed by atoms with Crippen molar-refractivity contribution in [2.45, 2.75) is 32.6 Å². The van der Waals surface area contributed by atoms with E-state index in [0.717, 1.165) is 29.0 Å². The van der Waals surface area contributed by atoms with E-state index in [9.17, 15) is 18.0 Å². The van der Waals surface area contributed by atoms with Gasteiger partial charge >= 0.3 is 12.2 Å². The van der Waals surface area contributed by atoms with E-state index in [-0.39, 0.29) is 6.03 Å². The van der Waals surface area contributed by atoms with Crippen LogP contribution < -0.4 is 10.6 Å². The molecule has 0 saturated heterocycles. The minimum absolute atomic E-state index is 0.380. The van der Waals surface area contributed by atoms with E-state index in [1.807, 2.05) is 35.8 Å². The summed E-state index contributed by atoms with van der Waals surface area (Å²) < 4.78 is 39.9. The van der Waals surface area contributed by atoms with Crippen molar-refractivity contribution in [3.05, 3.63) is 65.5 Å². The molecule has 0 radical (unpaired) electrons. The van der Waals surface area contributed by atoms with E-state index in [2.05, 4.69) is 15.6 Å². The Labute approximate surface area is 160 Å². The van der Waals surface area contributed by atoms with Crippen LogP contribution in [0, 0.1) is 6.92 Å². The molecule has 0 spiro atoms. The number of fused-ring (bicyclic) bond motifs is 1. The maximum absolute atomic E-state index is 12.6. The molecule has 0 aliphatic carbocycles. The zero-order valence-corrected chi connectivity index (χ0v) is 15.5. The van der Waals surface area contributed by atoms with Gasteiger partial charge in [0.25, 0.3) is 0 Å². The Balaban J connectivity index is 1.53. The summed E-state index contributed by atoms with van der Waals surface area (Å²) in [5, 5.41) is 5.50. The summed E-state index contributed by atoms with van der Waals surface area (Å²) in [5.74, 6) is 0.863. The summed E-state index contributed by atoms with van der Waals surface area (Å²) in [5.41, 5.74) is 1.79. The molecule has 2 amide bonds. The number of rotatable bonds is 5. The SMILES string of the molecule is Cc1nc2ccccc2n1CCNC(=O)NC(C)c1ccc(C(F)(F)F)cc1. The summed E-state index contributed by atoms with van der Waals surface area (Å²) in [4.78, 5) is 16.6. The van der Waals surface area contributed by atoms with Crippen molar-refractivity contribution >= 4 is 17.1 Å². The second-order valence-electron chi connectivity index (χ2n) is 6.54. The Morgan fingerprint density at radius 3 is 2.50 bits per heavy atom. The van der Waals surface area contributed by atoms with Gasteiger partial charge in [-0.2, -0.15) is 13.2 Å². The van der Waals surface area contributed by atoms with E-state index in [1.54, 1.807) is 6.92 Å². The topological polar surface area (TPSA) is 59.0 Å². The molecular formula is C20H21F3N4O. The van der Waals surface area contributed by atoms with Crippen LogP contribution in [0.15, 0.2) is 48.5 Å². The van der Waals surface area contributed by atoms with Gasteiger partial charge in [-0.3, -0.25) is 0 Å². The van der Waals surface area contributed by atoms with Crippen molar-refractivity contribution in [3.8, 4) is 0 Å². The highest BCUT2D eigenvalue weighted by atomic mass is 19.4. The lowest BCUT2D eigenvalue weighted by Crippen LogP contribution is -2.38. The number of aryl methyl sites for hydroxylation is 1. The smallest absolute Gasteiger partial charge is 0.336 e. The molecule has 0 aliphatic rings. The highest BCUT2D eigenvalue weighted by molar-refractivity contribution is 5.76. The fraction of sp³-hybridized carbons (Fsp3) is 0.300. The summed E-state index contributed by atoms with van der Waals surface area (Å²) in [6, 6.07) is 11.7. The molecule has 28 heavy (non-hydrogen) atoms. The predicted octanol–water partition coefficient (Wildman–Crippen LogP) is 4.42. The first-order valence-corrected chi connectivity index (χ1v) is 8.89. The fourth-order valence-electron chi connectivity index (χ4n) is 3.05. The van der Waals surface area contributed by atoms with Gasteiger partial charge < -0.3 is 15.2 Å². The molecule has 3 rings (SSSR count). The third-order valence-electron chi connectivity index (χ3n) is 4.55. The van der Waals surface area contributed by atoms with E-state index in [4.69, 9.17) is 0 Å². The maximum atomic E-state index is 12.6. The highest BCUT2D eigenvalue weighted by Crippen LogP contribution is 2.29. The quantitative estimate of drug-likeness (QED) is 0.677. The predicted molar refractivity (Wildman–Crippen MR) is 101 cm³/mol. The molecule has 3 aromatic rings. The number of hydrogen-bond donors (Lipinski definition) is 2. The van der Waals surface area contributed by atoms with Crippen molar-refractivity contribution in [3.63, 3.8) is 0 Å². The number of para-hydroxylation sites is 2. The fourth-order valence-corrected chi connectivity index (χ4v) is 3.05. The number of amides is 2. The van der Waals surface area contributed by atoms with Gasteiger partial charge in [-0.25, -0.2) is 9.78 Å². The number of urea groups is 1. The number of nitrogens with one attached hydrogen (secondary N) is 2. The lowest BCUT2D eigenvalue weighted by molar-refractivity contribution is -0.137. The number of carbonyl (C=O) groups excluding carboxylic acids is 1. The number of aromatic nitrogens is 2. The zero-order valence-electron chi connectivity index (χ0n) is 15.5. The van der Waals surface area contributed by atoms with Crippen molar-refractivity contribution in [2.75, 3.05) is 6.54 Å². The van der Waals surface area contributed by atoms with Crippen molar-refractivity contribution in [2.24, 2.45) is 0 Å². The van der Waals surface area contributed by atoms with Crippen molar-refractivity contribution in [1.29, 1.82) is 0 Å². The van der Waals surface area contributed by atoms with Gasteiger partial charge in [0.15, 0.2) is 0 Å². The van der Waals surface area contributed by atoms with Gasteiger partial charge in [-0.05, 0) is 43.7 Å². The van der Waals surface area contributed by atoms with E-state index in [0.29, 0.717) is 18.7 Å². The van der Waals surface area contributed by atoms with Crippen LogP contribution in [0.25, 0.3) is 11.0 Å². The summed E-state index contributed by atoms with van der Waals surface area (Å²) in [6.07, 6.45) is -4.37. The summed E-state index contributed by atoms with van der Waals surface area (Å²) >= 11 is 0. The second-order valence-corrected chi connectivity index (χ2v) is 6.54. The molecular weight excluding hydrogens is 369 g/mol. The Bertz CT molecular complexity index is 964. The van der Waals surface area contributed by atoms with Crippen LogP contribution in [-0.2, 0) is 12.7 Å². The molecule has 1 heterocycles. The Morgan fingerprint density at radius 2 is 1.82 bits per heavy atom. The Kier molecular flexibility index (Phi) is 5.58. The third-order valence-corrected chi connectivity index (χ3v) is 4.55. The number of halogens is 3. The number of benzene rings is 2. The molecule has 0 saturated carbocycles. The van der Waals surface area contributed by atoms with Gasteiger partial charge in [0.05, 0.1) is 22.6 Å². The van der Waals surface area contributed by atoms with Crippen molar-refractivity contribution in [1.82, 2.24) is 20.2 Å². The largest absolute Gasteiger partial charge is 0.416 e. The molecule has 0 bridgehead atoms. The first-order chi connectivity index (χ1) is 13.3. The number of carbonyl (C=O) groups is 1. The van der Waals surface area contributed by atoms with E-state index >= 15 is 0 Å². The van der Waals surface area contributed by atoms with Crippen LogP contribution in [0.4, 0.5) is 18.0 Å². The van der Waals surface area contributed by atoms with Crippen LogP contribution in [-0.4, -0.2) is 22.1 Å². The molecule has 0 fully saturated rings. The average Bonchev–Trinajstić information content (AvgIpc) is 2.96. The molecule has 5 nitrogen and oxygen atoms in total. The molecule has 1 unspecified atom stereocenters. The van der Waals surface area contributed by atoms with Crippen LogP contribution in [0.5, 0.6) is 0 Å². The first-order valence-electron chi connectivity index (χ1n) is 8.89. The van der Waals surface area contributed by atoms with Crippen LogP contribution in [0.2, 0.25) is 0 Å². The lowest BCUT2D eigenvalue weighted by Gasteiger charge is -2.16. The van der Waals surface area contributed by atoms with Gasteiger partial charge in [-0.1, -0.05) is 24.3 Å². The summed E-state index contributed by atoms with van der Waals surface area (Å²) in [7, 11) is 0. The van der Waals surface area contributed by atoms with Gasteiger partial charge in [0.1, 0.15) is 5.82 Å². The molecule has 1 aromatic heterocycles. The monoisotopic (exact) mass is 390 g/mol. The minimum atomic E-state index is -4.37. The normalized spacial score (nSPS) is 12.8. The highest BCUT2D eigenvalue weighted by Gasteiger charge is 2.30. The van der Waals surface area contributed by atoms with Gasteiger partial charge in [-0.15, -0.1) is 0 Å². The van der Waals surface area contributed by atoms with Gasteiger partial charge in [0.2, 0.25) is 0 Å². The molecule has 2 aromatic carbocycles. The van der Waals surface area contributed by atoms with Crippen LogP contribution >= 0.6 is 0 Å². The van der Waals surface area contributed by atoms with E-state index < -0.39 is 17.8 Å². The molecule has 2 N–H and O–H groups in total. The number of nitrogens with zero attached hydrogens (tertiary/aromatic N) is 2. The second kappa shape index (κ2) is 7.92. The van der Waals surface area contributed by atoms with Crippen LogP contribution in [0.3, 0.4) is 0 Å². The third kappa shape index (κ3) is 4.44. The lowest BCUT2D eigenvalue weighted by atomic mass is 10.1. The van der Waals surface area contributed by atoms with E-state index in [1.165, 1.54) is 12.1 Å². The average molecular weight is 390 g/mol.